The predicted molar refractivity (Wildman–Crippen MR) is 62.3 cm³/mol. The van der Waals surface area contributed by atoms with Crippen molar-refractivity contribution in [1.82, 2.24) is 15.0 Å². The summed E-state index contributed by atoms with van der Waals surface area (Å²) in [4.78, 5) is 11.8. The van der Waals surface area contributed by atoms with Gasteiger partial charge in [-0.25, -0.2) is 4.98 Å². The van der Waals surface area contributed by atoms with Crippen LogP contribution in [-0.2, 0) is 5.54 Å². The highest BCUT2D eigenvalue weighted by molar-refractivity contribution is 5.71. The minimum absolute atomic E-state index is 0.450. The van der Waals surface area contributed by atoms with Crippen LogP contribution in [0, 0.1) is 0 Å². The van der Waals surface area contributed by atoms with Gasteiger partial charge in [0.05, 0.1) is 18.2 Å². The molecule has 86 valence electrons. The summed E-state index contributed by atoms with van der Waals surface area (Å²) in [5.74, 6) is 1.31. The number of methoxy groups -OCH3 is 1. The van der Waals surface area contributed by atoms with Gasteiger partial charge < -0.3 is 15.5 Å². The largest absolute Gasteiger partial charge is 0.481 e. The van der Waals surface area contributed by atoms with Gasteiger partial charge in [0.2, 0.25) is 5.88 Å². The fraction of sp³-hybridized carbons (Fsp3) is 0.455. The molecule has 0 amide bonds. The number of imidazole rings is 1. The molecule has 1 unspecified atom stereocenters. The first-order valence-corrected chi connectivity index (χ1v) is 5.27. The molecule has 5 heteroatoms. The number of nitrogens with one attached hydrogen (secondary N) is 1. The molecule has 0 aliphatic carbocycles. The van der Waals surface area contributed by atoms with Crippen molar-refractivity contribution in [1.29, 1.82) is 0 Å². The summed E-state index contributed by atoms with van der Waals surface area (Å²) in [6.07, 6.45) is 0.809. The van der Waals surface area contributed by atoms with Crippen molar-refractivity contribution >= 4 is 11.2 Å². The summed E-state index contributed by atoms with van der Waals surface area (Å²) < 4.78 is 5.05. The topological polar surface area (TPSA) is 76.8 Å². The Hall–Kier alpha value is -1.62. The lowest BCUT2D eigenvalue weighted by molar-refractivity contribution is 0.399. The van der Waals surface area contributed by atoms with E-state index in [9.17, 15) is 0 Å². The van der Waals surface area contributed by atoms with E-state index in [4.69, 9.17) is 10.5 Å². The van der Waals surface area contributed by atoms with E-state index in [1.165, 1.54) is 0 Å². The summed E-state index contributed by atoms with van der Waals surface area (Å²) in [5.41, 5.74) is 7.18. The van der Waals surface area contributed by atoms with E-state index in [-0.39, 0.29) is 0 Å². The molecule has 3 N–H and O–H groups in total. The maximum atomic E-state index is 6.12. The second kappa shape index (κ2) is 3.75. The number of aromatic nitrogens is 3. The monoisotopic (exact) mass is 220 g/mol. The Morgan fingerprint density at radius 1 is 1.44 bits per heavy atom. The molecule has 0 aromatic carbocycles. The average Bonchev–Trinajstić information content (AvgIpc) is 2.72. The fourth-order valence-corrected chi connectivity index (χ4v) is 1.43. The van der Waals surface area contributed by atoms with Gasteiger partial charge in [0.15, 0.2) is 5.65 Å². The number of pyridine rings is 1. The van der Waals surface area contributed by atoms with E-state index in [1.807, 2.05) is 19.9 Å². The zero-order valence-corrected chi connectivity index (χ0v) is 9.74. The molecule has 16 heavy (non-hydrogen) atoms. The van der Waals surface area contributed by atoms with Crippen molar-refractivity contribution in [2.24, 2.45) is 5.73 Å². The molecule has 0 fully saturated rings. The zero-order valence-electron chi connectivity index (χ0n) is 9.74. The number of nitrogens with two attached hydrogens (primary N) is 1. The average molecular weight is 220 g/mol. The van der Waals surface area contributed by atoms with E-state index in [0.717, 1.165) is 17.8 Å². The Labute approximate surface area is 94.0 Å². The van der Waals surface area contributed by atoms with Crippen LogP contribution in [-0.4, -0.2) is 22.1 Å². The van der Waals surface area contributed by atoms with Gasteiger partial charge in [-0.05, 0) is 19.4 Å². The van der Waals surface area contributed by atoms with Crippen molar-refractivity contribution in [3.63, 3.8) is 0 Å². The molecule has 2 heterocycles. The van der Waals surface area contributed by atoms with Gasteiger partial charge in [-0.15, -0.1) is 0 Å². The van der Waals surface area contributed by atoms with Crippen LogP contribution in [0.2, 0.25) is 0 Å². The smallest absolute Gasteiger partial charge is 0.215 e. The van der Waals surface area contributed by atoms with Crippen molar-refractivity contribution in [2.75, 3.05) is 7.11 Å². The molecule has 0 bridgehead atoms. The van der Waals surface area contributed by atoms with Gasteiger partial charge in [-0.2, -0.15) is 4.98 Å². The van der Waals surface area contributed by atoms with Gasteiger partial charge in [-0.3, -0.25) is 0 Å². The number of aromatic amines is 1. The van der Waals surface area contributed by atoms with Gasteiger partial charge in [0.25, 0.3) is 0 Å². The van der Waals surface area contributed by atoms with E-state index < -0.39 is 5.54 Å². The molecule has 5 nitrogen and oxygen atoms in total. The molecule has 2 rings (SSSR count). The van der Waals surface area contributed by atoms with E-state index in [0.29, 0.717) is 11.5 Å². The third-order valence-electron chi connectivity index (χ3n) is 2.80. The minimum atomic E-state index is -0.450. The third-order valence-corrected chi connectivity index (χ3v) is 2.80. The Morgan fingerprint density at radius 3 is 2.81 bits per heavy atom. The SMILES string of the molecule is CCC(C)(N)c1nc2nc(OC)ccc2[nH]1. The van der Waals surface area contributed by atoms with Crippen LogP contribution in [0.5, 0.6) is 5.88 Å². The van der Waals surface area contributed by atoms with Crippen LogP contribution in [0.4, 0.5) is 0 Å². The number of hydrogen-bond acceptors (Lipinski definition) is 4. The number of H-pyrrole nitrogens is 1. The van der Waals surface area contributed by atoms with Crippen molar-refractivity contribution < 1.29 is 4.74 Å². The number of fused-ring (bicyclic) bond motifs is 1. The second-order valence-electron chi connectivity index (χ2n) is 4.08. The van der Waals surface area contributed by atoms with E-state index in [2.05, 4.69) is 15.0 Å². The van der Waals surface area contributed by atoms with Crippen LogP contribution < -0.4 is 10.5 Å². The van der Waals surface area contributed by atoms with Gasteiger partial charge >= 0.3 is 0 Å². The lowest BCUT2D eigenvalue weighted by Crippen LogP contribution is -2.33. The Morgan fingerprint density at radius 2 is 2.19 bits per heavy atom. The van der Waals surface area contributed by atoms with Crippen molar-refractivity contribution in [3.8, 4) is 5.88 Å². The quantitative estimate of drug-likeness (QED) is 0.822. The predicted octanol–water partition coefficient (Wildman–Crippen LogP) is 1.55. The maximum absolute atomic E-state index is 6.12. The summed E-state index contributed by atoms with van der Waals surface area (Å²) in [6.45, 7) is 3.98. The highest BCUT2D eigenvalue weighted by Crippen LogP contribution is 2.22. The van der Waals surface area contributed by atoms with Crippen LogP contribution in [0.15, 0.2) is 12.1 Å². The Balaban J connectivity index is 2.52. The summed E-state index contributed by atoms with van der Waals surface area (Å²) in [7, 11) is 1.58. The van der Waals surface area contributed by atoms with E-state index >= 15 is 0 Å². The van der Waals surface area contributed by atoms with Crippen LogP contribution in [0.25, 0.3) is 11.2 Å². The van der Waals surface area contributed by atoms with Gasteiger partial charge in [0, 0.05) is 6.07 Å². The van der Waals surface area contributed by atoms with Crippen LogP contribution in [0.3, 0.4) is 0 Å². The number of ether oxygens (including phenoxy) is 1. The van der Waals surface area contributed by atoms with Crippen molar-refractivity contribution in [3.05, 3.63) is 18.0 Å². The molecular formula is C11H16N4O. The summed E-state index contributed by atoms with van der Waals surface area (Å²) >= 11 is 0. The number of hydrogen-bond donors (Lipinski definition) is 2. The molecular weight excluding hydrogens is 204 g/mol. The van der Waals surface area contributed by atoms with Crippen LogP contribution >= 0.6 is 0 Å². The highest BCUT2D eigenvalue weighted by Gasteiger charge is 2.23. The van der Waals surface area contributed by atoms with Gasteiger partial charge in [0.1, 0.15) is 5.82 Å². The molecule has 2 aromatic rings. The standard InChI is InChI=1S/C11H16N4O/c1-4-11(2,12)10-13-7-5-6-8(16-3)14-9(7)15-10/h5-6H,4,12H2,1-3H3,(H,13,14,15). The van der Waals surface area contributed by atoms with Crippen molar-refractivity contribution in [2.45, 2.75) is 25.8 Å². The Kier molecular flexibility index (Phi) is 2.55. The first-order valence-electron chi connectivity index (χ1n) is 5.27. The third kappa shape index (κ3) is 1.74. The molecule has 0 spiro atoms. The maximum Gasteiger partial charge on any atom is 0.215 e. The Bertz CT molecular complexity index is 504. The zero-order chi connectivity index (χ0) is 11.8. The lowest BCUT2D eigenvalue weighted by atomic mass is 10.0. The van der Waals surface area contributed by atoms with Gasteiger partial charge in [-0.1, -0.05) is 6.92 Å². The highest BCUT2D eigenvalue weighted by atomic mass is 16.5. The van der Waals surface area contributed by atoms with E-state index in [1.54, 1.807) is 13.2 Å². The molecule has 0 saturated carbocycles. The first-order chi connectivity index (χ1) is 7.56. The summed E-state index contributed by atoms with van der Waals surface area (Å²) in [5, 5.41) is 0. The molecule has 0 aliphatic heterocycles. The minimum Gasteiger partial charge on any atom is -0.481 e. The number of rotatable bonds is 3. The number of nitrogens with zero attached hydrogens (tertiary/aromatic N) is 2. The molecule has 1 atom stereocenters. The normalized spacial score (nSPS) is 15.0. The fourth-order valence-electron chi connectivity index (χ4n) is 1.43. The molecule has 0 saturated heterocycles. The molecule has 0 radical (unpaired) electrons. The summed E-state index contributed by atoms with van der Waals surface area (Å²) in [6, 6.07) is 3.69. The van der Waals surface area contributed by atoms with Crippen LogP contribution in [0.1, 0.15) is 26.1 Å². The molecule has 2 aromatic heterocycles. The second-order valence-corrected chi connectivity index (χ2v) is 4.08. The first kappa shape index (κ1) is 10.9. The molecule has 0 aliphatic rings. The lowest BCUT2D eigenvalue weighted by Gasteiger charge is -2.18.